The van der Waals surface area contributed by atoms with E-state index in [2.05, 4.69) is 15.9 Å². The molecule has 1 aromatic rings. The summed E-state index contributed by atoms with van der Waals surface area (Å²) in [5.74, 6) is -2.32. The maximum atomic E-state index is 12.6. The molecule has 1 amide bonds. The summed E-state index contributed by atoms with van der Waals surface area (Å²) in [5.41, 5.74) is 2.10. The van der Waals surface area contributed by atoms with Crippen LogP contribution in [0.4, 0.5) is 8.78 Å². The third kappa shape index (κ3) is 3.48. The molecule has 0 unspecified atom stereocenters. The van der Waals surface area contributed by atoms with Gasteiger partial charge in [0.05, 0.1) is 26.1 Å². The van der Waals surface area contributed by atoms with E-state index in [1.54, 1.807) is 0 Å². The lowest BCUT2D eigenvalue weighted by Crippen LogP contribution is -2.58. The summed E-state index contributed by atoms with van der Waals surface area (Å²) in [6, 6.07) is 3.75. The summed E-state index contributed by atoms with van der Waals surface area (Å²) in [5, 5.41) is 0. The number of carbonyl (C=O) groups excluding carboxylic acids is 1. The Balaban J connectivity index is 1.80. The fourth-order valence-corrected chi connectivity index (χ4v) is 2.32. The van der Waals surface area contributed by atoms with Gasteiger partial charge in [-0.05, 0) is 37.1 Å². The fraction of sp³-hybridized carbons (Fsp3) is 0.500. The molecule has 1 saturated heterocycles. The number of amides is 1. The molecular weight excluding hydrogens is 332 g/mol. The molecule has 0 atom stereocenters. The van der Waals surface area contributed by atoms with Gasteiger partial charge in [-0.1, -0.05) is 15.9 Å². The van der Waals surface area contributed by atoms with Crippen molar-refractivity contribution >= 4 is 21.8 Å². The number of hydrogen-bond donors (Lipinski definition) is 0. The van der Waals surface area contributed by atoms with Crippen LogP contribution in [0.15, 0.2) is 16.6 Å². The Bertz CT molecular complexity index is 503. The number of benzene rings is 1. The zero-order chi connectivity index (χ0) is 14.9. The number of alkyl halides is 2. The first-order chi connectivity index (χ1) is 9.28. The first-order valence-electron chi connectivity index (χ1n) is 6.34. The lowest BCUT2D eigenvalue weighted by molar-refractivity contribution is -0.166. The molecule has 1 heterocycles. The number of nitrogens with zero attached hydrogens (tertiary/aromatic N) is 1. The maximum Gasteiger partial charge on any atom is 0.282 e. The van der Waals surface area contributed by atoms with Crippen LogP contribution in [0.1, 0.15) is 17.5 Å². The third-order valence-corrected chi connectivity index (χ3v) is 4.44. The van der Waals surface area contributed by atoms with Crippen LogP contribution >= 0.6 is 15.9 Å². The van der Waals surface area contributed by atoms with Crippen molar-refractivity contribution in [3.8, 4) is 5.75 Å². The topological polar surface area (TPSA) is 29.5 Å². The van der Waals surface area contributed by atoms with Gasteiger partial charge in [0.15, 0.2) is 0 Å². The van der Waals surface area contributed by atoms with Crippen molar-refractivity contribution in [1.29, 1.82) is 0 Å². The largest absolute Gasteiger partial charge is 0.493 e. The number of aryl methyl sites for hydroxylation is 2. The van der Waals surface area contributed by atoms with Crippen molar-refractivity contribution in [2.75, 3.05) is 19.7 Å². The molecule has 3 nitrogen and oxygen atoms in total. The predicted molar refractivity (Wildman–Crippen MR) is 75.3 cm³/mol. The first kappa shape index (κ1) is 15.2. The predicted octanol–water partition coefficient (Wildman–Crippen LogP) is 3.31. The number of carbonyl (C=O) groups is 1. The van der Waals surface area contributed by atoms with E-state index < -0.39 is 19.0 Å². The normalized spacial score (nSPS) is 16.8. The molecule has 1 aliphatic heterocycles. The minimum absolute atomic E-state index is 0.115. The molecule has 0 bridgehead atoms. The minimum atomic E-state index is -2.71. The van der Waals surface area contributed by atoms with Crippen LogP contribution in [-0.2, 0) is 4.79 Å². The Kier molecular flexibility index (Phi) is 4.32. The summed E-state index contributed by atoms with van der Waals surface area (Å²) in [7, 11) is 0. The summed E-state index contributed by atoms with van der Waals surface area (Å²) in [6.07, 6.45) is 0.115. The highest BCUT2D eigenvalue weighted by Crippen LogP contribution is 2.28. The van der Waals surface area contributed by atoms with E-state index in [0.29, 0.717) is 5.75 Å². The summed E-state index contributed by atoms with van der Waals surface area (Å²) in [6.45, 7) is 3.17. The Hall–Kier alpha value is -1.17. The van der Waals surface area contributed by atoms with E-state index >= 15 is 0 Å². The number of ether oxygens (including phenoxy) is 1. The maximum absolute atomic E-state index is 12.6. The lowest BCUT2D eigenvalue weighted by atomic mass is 10.1. The highest BCUT2D eigenvalue weighted by molar-refractivity contribution is 9.10. The zero-order valence-electron chi connectivity index (χ0n) is 11.4. The van der Waals surface area contributed by atoms with Crippen LogP contribution in [0.25, 0.3) is 0 Å². The van der Waals surface area contributed by atoms with Gasteiger partial charge in [-0.15, -0.1) is 0 Å². The molecule has 0 aromatic heterocycles. The molecular formula is C14H16BrF2NO2. The molecule has 110 valence electrons. The van der Waals surface area contributed by atoms with Gasteiger partial charge in [-0.2, -0.15) is 0 Å². The highest BCUT2D eigenvalue weighted by atomic mass is 79.9. The number of halogens is 3. The number of hydrogen-bond acceptors (Lipinski definition) is 2. The average molecular weight is 348 g/mol. The van der Waals surface area contributed by atoms with Crippen molar-refractivity contribution in [3.05, 3.63) is 27.7 Å². The van der Waals surface area contributed by atoms with Gasteiger partial charge in [0, 0.05) is 4.47 Å². The van der Waals surface area contributed by atoms with E-state index in [4.69, 9.17) is 4.74 Å². The monoisotopic (exact) mass is 347 g/mol. The second kappa shape index (κ2) is 5.68. The van der Waals surface area contributed by atoms with Gasteiger partial charge >= 0.3 is 0 Å². The average Bonchev–Trinajstić information content (AvgIpc) is 2.32. The van der Waals surface area contributed by atoms with Crippen molar-refractivity contribution in [3.63, 3.8) is 0 Å². The van der Waals surface area contributed by atoms with Gasteiger partial charge in [0.25, 0.3) is 5.92 Å². The summed E-state index contributed by atoms with van der Waals surface area (Å²) in [4.78, 5) is 12.8. The van der Waals surface area contributed by atoms with E-state index in [1.807, 2.05) is 26.0 Å². The van der Waals surface area contributed by atoms with Crippen LogP contribution < -0.4 is 4.74 Å². The number of rotatable bonds is 4. The quantitative estimate of drug-likeness (QED) is 0.836. The van der Waals surface area contributed by atoms with Crippen molar-refractivity contribution in [1.82, 2.24) is 4.90 Å². The van der Waals surface area contributed by atoms with Crippen LogP contribution in [0.3, 0.4) is 0 Å². The third-order valence-electron chi connectivity index (χ3n) is 3.19. The summed E-state index contributed by atoms with van der Waals surface area (Å²) >= 11 is 3.46. The van der Waals surface area contributed by atoms with Crippen molar-refractivity contribution in [2.45, 2.75) is 26.2 Å². The Morgan fingerprint density at radius 1 is 1.35 bits per heavy atom. The smallest absolute Gasteiger partial charge is 0.282 e. The van der Waals surface area contributed by atoms with Gasteiger partial charge in [-0.25, -0.2) is 8.78 Å². The molecule has 0 radical (unpaired) electrons. The van der Waals surface area contributed by atoms with Crippen LogP contribution in [0.2, 0.25) is 0 Å². The molecule has 0 N–H and O–H groups in total. The fourth-order valence-electron chi connectivity index (χ4n) is 2.09. The van der Waals surface area contributed by atoms with Crippen LogP contribution in [-0.4, -0.2) is 36.4 Å². The van der Waals surface area contributed by atoms with Crippen molar-refractivity contribution in [2.24, 2.45) is 0 Å². The standard InChI is InChI=1S/C14H16BrF2NO2/c1-9-5-11(6-10(2)13(9)15)20-4-3-12(19)18-7-14(16,17)8-18/h5-6H,3-4,7-8H2,1-2H3. The first-order valence-corrected chi connectivity index (χ1v) is 7.13. The molecule has 0 aliphatic carbocycles. The molecule has 1 fully saturated rings. The van der Waals surface area contributed by atoms with Crippen LogP contribution in [0, 0.1) is 13.8 Å². The molecule has 0 spiro atoms. The van der Waals surface area contributed by atoms with E-state index in [1.165, 1.54) is 0 Å². The second-order valence-corrected chi connectivity index (χ2v) is 5.87. The van der Waals surface area contributed by atoms with Gasteiger partial charge in [-0.3, -0.25) is 4.79 Å². The van der Waals surface area contributed by atoms with E-state index in [-0.39, 0.29) is 18.9 Å². The second-order valence-electron chi connectivity index (χ2n) is 5.08. The molecule has 6 heteroatoms. The molecule has 0 saturated carbocycles. The zero-order valence-corrected chi connectivity index (χ0v) is 13.0. The molecule has 1 aliphatic rings. The van der Waals surface area contributed by atoms with Gasteiger partial charge < -0.3 is 9.64 Å². The Morgan fingerprint density at radius 3 is 2.40 bits per heavy atom. The van der Waals surface area contributed by atoms with E-state index in [9.17, 15) is 13.6 Å². The molecule has 20 heavy (non-hydrogen) atoms. The van der Waals surface area contributed by atoms with E-state index in [0.717, 1.165) is 20.5 Å². The summed E-state index contributed by atoms with van der Waals surface area (Å²) < 4.78 is 31.8. The number of likely N-dealkylation sites (tertiary alicyclic amines) is 1. The Labute approximate surface area is 125 Å². The van der Waals surface area contributed by atoms with Crippen LogP contribution in [0.5, 0.6) is 5.75 Å². The Morgan fingerprint density at radius 2 is 1.90 bits per heavy atom. The van der Waals surface area contributed by atoms with Gasteiger partial charge in [0.1, 0.15) is 5.75 Å². The lowest BCUT2D eigenvalue weighted by Gasteiger charge is -2.38. The van der Waals surface area contributed by atoms with Crippen molar-refractivity contribution < 1.29 is 18.3 Å². The SMILES string of the molecule is Cc1cc(OCCC(=O)N2CC(F)(F)C2)cc(C)c1Br. The minimum Gasteiger partial charge on any atom is -0.493 e. The van der Waals surface area contributed by atoms with Gasteiger partial charge in [0.2, 0.25) is 5.91 Å². The molecule has 1 aromatic carbocycles. The highest BCUT2D eigenvalue weighted by Gasteiger charge is 2.45. The molecule has 2 rings (SSSR count).